The molecule has 4 heterocycles. The van der Waals surface area contributed by atoms with E-state index >= 15 is 0 Å². The lowest BCUT2D eigenvalue weighted by molar-refractivity contribution is -0.0597. The van der Waals surface area contributed by atoms with E-state index in [-0.39, 0.29) is 17.5 Å². The van der Waals surface area contributed by atoms with Crippen molar-refractivity contribution in [1.82, 2.24) is 24.6 Å². The number of rotatable bonds is 4. The molecule has 2 aromatic heterocycles. The van der Waals surface area contributed by atoms with Crippen molar-refractivity contribution < 1.29 is 22.8 Å². The number of ether oxygens (including phenoxy) is 1. The summed E-state index contributed by atoms with van der Waals surface area (Å²) < 4.78 is 39.6. The highest BCUT2D eigenvalue weighted by Gasteiger charge is 2.56. The molecule has 5 unspecified atom stereocenters. The zero-order chi connectivity index (χ0) is 22.8. The van der Waals surface area contributed by atoms with Gasteiger partial charge in [-0.15, -0.1) is 0 Å². The van der Waals surface area contributed by atoms with Gasteiger partial charge in [-0.3, -0.25) is 13.6 Å². The number of fused-ring (bicyclic) bond motifs is 2. The highest BCUT2D eigenvalue weighted by atomic mass is 79.9. The summed E-state index contributed by atoms with van der Waals surface area (Å²) in [4.78, 5) is 12.8. The van der Waals surface area contributed by atoms with Gasteiger partial charge >= 0.3 is 7.75 Å². The first kappa shape index (κ1) is 23.2. The highest BCUT2D eigenvalue weighted by Crippen LogP contribution is 2.54. The normalized spacial score (nSPS) is 31.8. The van der Waals surface area contributed by atoms with Crippen LogP contribution < -0.4 is 10.8 Å². The molecular weight excluding hydrogens is 507 g/mol. The first-order valence-corrected chi connectivity index (χ1v) is 15.2. The number of nitrogens with zero attached hydrogens (tertiary/aromatic N) is 4. The number of hydrogen-bond donors (Lipinski definition) is 2. The van der Waals surface area contributed by atoms with Crippen molar-refractivity contribution in [3.63, 3.8) is 0 Å². The minimum atomic E-state index is -3.46. The van der Waals surface area contributed by atoms with Crippen LogP contribution in [-0.2, 0) is 22.8 Å². The van der Waals surface area contributed by atoms with Crippen LogP contribution >= 0.6 is 23.7 Å². The fourth-order valence-electron chi connectivity index (χ4n) is 3.42. The lowest BCUT2D eigenvalue weighted by atomic mass is 10.1. The van der Waals surface area contributed by atoms with Crippen molar-refractivity contribution in [1.29, 1.82) is 0 Å². The van der Waals surface area contributed by atoms with Crippen LogP contribution in [0.2, 0.25) is 18.1 Å². The molecule has 0 radical (unpaired) electrons. The summed E-state index contributed by atoms with van der Waals surface area (Å²) in [6.45, 7) is 10.9. The second-order valence-electron chi connectivity index (χ2n) is 9.18. The van der Waals surface area contributed by atoms with Crippen molar-refractivity contribution in [2.24, 2.45) is 0 Å². The summed E-state index contributed by atoms with van der Waals surface area (Å²) in [6, 6.07) is 0. The molecule has 0 saturated carbocycles. The second kappa shape index (κ2) is 7.84. The van der Waals surface area contributed by atoms with Crippen molar-refractivity contribution in [3.8, 4) is 0 Å². The fraction of sp³-hybridized carbons (Fsp3) is 0.706. The van der Waals surface area contributed by atoms with E-state index < -0.39 is 40.6 Å². The zero-order valence-electron chi connectivity index (χ0n) is 18.3. The molecule has 11 nitrogen and oxygen atoms in total. The Morgan fingerprint density at radius 2 is 2.10 bits per heavy atom. The summed E-state index contributed by atoms with van der Waals surface area (Å²) in [5.74, 6) is 0.265. The molecule has 0 aromatic carbocycles. The van der Waals surface area contributed by atoms with Gasteiger partial charge in [-0.05, 0) is 41.1 Å². The molecule has 2 aromatic rings. The van der Waals surface area contributed by atoms with E-state index in [0.717, 1.165) is 0 Å². The Balaban J connectivity index is 1.81. The minimum Gasteiger partial charge on any atom is -0.407 e. The van der Waals surface area contributed by atoms with Gasteiger partial charge in [0.2, 0.25) is 0 Å². The zero-order valence-corrected chi connectivity index (χ0v) is 21.8. The molecule has 2 aliphatic rings. The van der Waals surface area contributed by atoms with Gasteiger partial charge in [-0.25, -0.2) is 24.6 Å². The van der Waals surface area contributed by atoms with E-state index in [2.05, 4.69) is 69.8 Å². The minimum absolute atomic E-state index is 0.0612. The number of halogens is 1. The Labute approximate surface area is 190 Å². The van der Waals surface area contributed by atoms with Crippen LogP contribution in [-0.4, -0.2) is 59.8 Å². The molecule has 172 valence electrons. The van der Waals surface area contributed by atoms with Gasteiger partial charge in [-0.2, -0.15) is 0 Å². The molecule has 2 saturated heterocycles. The number of imidazole rings is 1. The first-order valence-electron chi connectivity index (χ1n) is 9.96. The van der Waals surface area contributed by atoms with Crippen LogP contribution in [0.5, 0.6) is 0 Å². The van der Waals surface area contributed by atoms with Gasteiger partial charge < -0.3 is 14.9 Å². The van der Waals surface area contributed by atoms with Crippen LogP contribution in [0.1, 0.15) is 27.0 Å². The van der Waals surface area contributed by atoms with Gasteiger partial charge in [0.15, 0.2) is 36.3 Å². The van der Waals surface area contributed by atoms with Crippen LogP contribution in [0.15, 0.2) is 11.1 Å². The van der Waals surface area contributed by atoms with Crippen LogP contribution in [0.25, 0.3) is 11.2 Å². The predicted octanol–water partition coefficient (Wildman–Crippen LogP) is 3.20. The first-order chi connectivity index (χ1) is 14.4. The van der Waals surface area contributed by atoms with Gasteiger partial charge in [0.25, 0.3) is 0 Å². The third-order valence-electron chi connectivity index (χ3n) is 6.18. The fourth-order valence-corrected chi connectivity index (χ4v) is 6.47. The maximum Gasteiger partial charge on any atom is 0.405 e. The highest BCUT2D eigenvalue weighted by molar-refractivity contribution is 9.10. The largest absolute Gasteiger partial charge is 0.407 e. The standard InChI is InChI=1S/C17H28BrN6O5PSi/c1-17(2,3)31(5,6)29-12-11-9(7-26-30(25,20-4)28-11)27-15(12)24-14-10(23-16(24)18)13(19)21-8-22-14/h8-9,11-12,15H,7H2,1-6H3,(H,20,25)(H2,19,21,22). The Kier molecular flexibility index (Phi) is 5.88. The molecule has 0 amide bonds. The monoisotopic (exact) mass is 534 g/mol. The van der Waals surface area contributed by atoms with Crippen LogP contribution in [0.3, 0.4) is 0 Å². The third kappa shape index (κ3) is 3.99. The SMILES string of the molecule is CNP1(=O)OCC2OC(n3c(Br)nc4c(N)ncnc43)C(O[Si](C)(C)C(C)(C)C)C2O1. The molecule has 5 atom stereocenters. The van der Waals surface area contributed by atoms with Crippen LogP contribution in [0.4, 0.5) is 5.82 Å². The number of nitrogens with two attached hydrogens (primary N) is 1. The molecule has 31 heavy (non-hydrogen) atoms. The molecule has 2 aliphatic heterocycles. The number of anilines is 1. The van der Waals surface area contributed by atoms with Crippen molar-refractivity contribution in [2.45, 2.75) is 63.4 Å². The third-order valence-corrected chi connectivity index (χ3v) is 12.8. The van der Waals surface area contributed by atoms with Crippen molar-refractivity contribution in [2.75, 3.05) is 19.4 Å². The number of hydrogen-bond acceptors (Lipinski definition) is 9. The molecule has 14 heteroatoms. The van der Waals surface area contributed by atoms with E-state index in [4.69, 9.17) is 23.9 Å². The maximum absolute atomic E-state index is 12.8. The Bertz CT molecular complexity index is 1050. The molecule has 0 aliphatic carbocycles. The molecule has 2 fully saturated rings. The van der Waals surface area contributed by atoms with Gasteiger partial charge in [0.1, 0.15) is 24.6 Å². The summed E-state index contributed by atoms with van der Waals surface area (Å²) in [6.07, 6.45) is -0.914. The molecule has 0 spiro atoms. The lowest BCUT2D eigenvalue weighted by Crippen LogP contribution is -2.50. The summed E-state index contributed by atoms with van der Waals surface area (Å²) >= 11 is 3.50. The topological polar surface area (TPSA) is 136 Å². The average molecular weight is 535 g/mol. The van der Waals surface area contributed by atoms with Crippen molar-refractivity contribution in [3.05, 3.63) is 11.1 Å². The smallest absolute Gasteiger partial charge is 0.405 e. The number of aromatic nitrogens is 4. The number of nitrogen functional groups attached to an aromatic ring is 1. The number of nitrogens with one attached hydrogen (secondary N) is 1. The summed E-state index contributed by atoms with van der Waals surface area (Å²) in [7, 11) is -4.19. The van der Waals surface area contributed by atoms with Crippen LogP contribution in [0, 0.1) is 0 Å². The van der Waals surface area contributed by atoms with Gasteiger partial charge in [-0.1, -0.05) is 20.8 Å². The second-order valence-corrected chi connectivity index (χ2v) is 16.6. The van der Waals surface area contributed by atoms with Gasteiger partial charge in [0, 0.05) is 0 Å². The Morgan fingerprint density at radius 3 is 2.74 bits per heavy atom. The summed E-state index contributed by atoms with van der Waals surface area (Å²) in [5, 5.41) is 2.59. The van der Waals surface area contributed by atoms with E-state index in [1.54, 1.807) is 4.57 Å². The van der Waals surface area contributed by atoms with E-state index in [0.29, 0.717) is 15.9 Å². The summed E-state index contributed by atoms with van der Waals surface area (Å²) in [5.41, 5.74) is 6.96. The van der Waals surface area contributed by atoms with E-state index in [1.807, 2.05) is 0 Å². The van der Waals surface area contributed by atoms with Gasteiger partial charge in [0.05, 0.1) is 6.61 Å². The van der Waals surface area contributed by atoms with Crippen molar-refractivity contribution >= 4 is 49.0 Å². The maximum atomic E-state index is 12.8. The van der Waals surface area contributed by atoms with E-state index in [9.17, 15) is 4.57 Å². The Hall–Kier alpha value is -0.923. The molecule has 4 rings (SSSR count). The predicted molar refractivity (Wildman–Crippen MR) is 121 cm³/mol. The molecule has 3 N–H and O–H groups in total. The molecular formula is C17H28BrN6O5PSi. The molecule has 0 bridgehead atoms. The average Bonchev–Trinajstić information content (AvgIpc) is 3.18. The Morgan fingerprint density at radius 1 is 1.39 bits per heavy atom. The van der Waals surface area contributed by atoms with E-state index in [1.165, 1.54) is 13.4 Å². The quantitative estimate of drug-likeness (QED) is 0.341. The lowest BCUT2D eigenvalue weighted by Gasteiger charge is -2.41.